The topological polar surface area (TPSA) is 41.1 Å². The zero-order valence-electron chi connectivity index (χ0n) is 12.5. The third kappa shape index (κ3) is 3.69. The summed E-state index contributed by atoms with van der Waals surface area (Å²) in [7, 11) is 0. The first-order valence-electron chi connectivity index (χ1n) is 7.51. The molecule has 0 radical (unpaired) electrons. The van der Waals surface area contributed by atoms with Gasteiger partial charge in [0.25, 0.3) is 0 Å². The number of hydrogen-bond donors (Lipinski definition) is 2. The lowest BCUT2D eigenvalue weighted by Crippen LogP contribution is -2.34. The number of carbonyl (C=O) groups excluding carboxylic acids is 1. The molecule has 0 aromatic heterocycles. The number of rotatable bonds is 5. The molecule has 1 aliphatic carbocycles. The number of hydrogen-bond acceptors (Lipinski definition) is 2. The van der Waals surface area contributed by atoms with Gasteiger partial charge in [-0.1, -0.05) is 46.3 Å². The molecule has 0 bridgehead atoms. The van der Waals surface area contributed by atoms with Crippen molar-refractivity contribution < 1.29 is 4.79 Å². The van der Waals surface area contributed by atoms with Crippen LogP contribution in [0.5, 0.6) is 0 Å². The SMILES string of the molecule is Cc1cc(N[C@@H](C(=O)NC2CC2)c2ccccc2)ccc1Br. The van der Waals surface area contributed by atoms with Crippen molar-refractivity contribution in [3.05, 3.63) is 64.1 Å². The van der Waals surface area contributed by atoms with Crippen LogP contribution in [0, 0.1) is 6.92 Å². The lowest BCUT2D eigenvalue weighted by molar-refractivity contribution is -0.122. The molecule has 0 heterocycles. The summed E-state index contributed by atoms with van der Waals surface area (Å²) in [6.07, 6.45) is 2.18. The van der Waals surface area contributed by atoms with Crippen LogP contribution in [0.3, 0.4) is 0 Å². The second kappa shape index (κ2) is 6.53. The van der Waals surface area contributed by atoms with Crippen LogP contribution < -0.4 is 10.6 Å². The average Bonchev–Trinajstić information content (AvgIpc) is 3.33. The number of nitrogens with one attached hydrogen (secondary N) is 2. The predicted molar refractivity (Wildman–Crippen MR) is 92.8 cm³/mol. The van der Waals surface area contributed by atoms with E-state index in [-0.39, 0.29) is 11.9 Å². The quantitative estimate of drug-likeness (QED) is 0.841. The Hall–Kier alpha value is -1.81. The fourth-order valence-corrected chi connectivity index (χ4v) is 2.61. The Bertz CT molecular complexity index is 668. The number of amides is 1. The molecule has 2 aromatic carbocycles. The smallest absolute Gasteiger partial charge is 0.247 e. The lowest BCUT2D eigenvalue weighted by Gasteiger charge is -2.20. The summed E-state index contributed by atoms with van der Waals surface area (Å²) < 4.78 is 1.07. The lowest BCUT2D eigenvalue weighted by atomic mass is 10.1. The van der Waals surface area contributed by atoms with Crippen molar-refractivity contribution >= 4 is 27.5 Å². The third-order valence-electron chi connectivity index (χ3n) is 3.79. The van der Waals surface area contributed by atoms with Crippen molar-refractivity contribution in [1.82, 2.24) is 5.32 Å². The minimum Gasteiger partial charge on any atom is -0.370 e. The highest BCUT2D eigenvalue weighted by molar-refractivity contribution is 9.10. The van der Waals surface area contributed by atoms with Gasteiger partial charge < -0.3 is 10.6 Å². The molecule has 3 nitrogen and oxygen atoms in total. The van der Waals surface area contributed by atoms with E-state index in [1.54, 1.807) is 0 Å². The van der Waals surface area contributed by atoms with Crippen molar-refractivity contribution in [3.8, 4) is 0 Å². The van der Waals surface area contributed by atoms with Crippen LogP contribution in [-0.4, -0.2) is 11.9 Å². The van der Waals surface area contributed by atoms with Gasteiger partial charge in [-0.2, -0.15) is 0 Å². The second-order valence-corrected chi connectivity index (χ2v) is 6.59. The largest absolute Gasteiger partial charge is 0.370 e. The molecule has 0 unspecified atom stereocenters. The van der Waals surface area contributed by atoms with Crippen molar-refractivity contribution in [2.24, 2.45) is 0 Å². The van der Waals surface area contributed by atoms with Gasteiger partial charge in [0, 0.05) is 16.2 Å². The first-order valence-corrected chi connectivity index (χ1v) is 8.31. The molecule has 2 aromatic rings. The monoisotopic (exact) mass is 358 g/mol. The normalized spacial score (nSPS) is 15.2. The Labute approximate surface area is 139 Å². The molecule has 0 spiro atoms. The van der Waals surface area contributed by atoms with Gasteiger partial charge in [-0.15, -0.1) is 0 Å². The first kappa shape index (κ1) is 15.1. The number of halogens is 1. The van der Waals surface area contributed by atoms with Gasteiger partial charge in [0.15, 0.2) is 0 Å². The van der Waals surface area contributed by atoms with E-state index in [2.05, 4.69) is 26.6 Å². The molecule has 1 fully saturated rings. The van der Waals surface area contributed by atoms with Crippen molar-refractivity contribution in [2.45, 2.75) is 31.8 Å². The first-order chi connectivity index (χ1) is 10.6. The Morgan fingerprint density at radius 1 is 1.18 bits per heavy atom. The summed E-state index contributed by atoms with van der Waals surface area (Å²) in [6, 6.07) is 15.9. The molecule has 0 saturated heterocycles. The van der Waals surface area contributed by atoms with E-state index >= 15 is 0 Å². The molecular formula is C18H19BrN2O. The Morgan fingerprint density at radius 2 is 1.91 bits per heavy atom. The van der Waals surface area contributed by atoms with Gasteiger partial charge in [0.2, 0.25) is 5.91 Å². The van der Waals surface area contributed by atoms with Crippen LogP contribution in [0.1, 0.15) is 30.0 Å². The molecule has 0 aliphatic heterocycles. The fraction of sp³-hybridized carbons (Fsp3) is 0.278. The zero-order valence-corrected chi connectivity index (χ0v) is 14.1. The van der Waals surface area contributed by atoms with Crippen molar-refractivity contribution in [2.75, 3.05) is 5.32 Å². The highest BCUT2D eigenvalue weighted by atomic mass is 79.9. The summed E-state index contributed by atoms with van der Waals surface area (Å²) in [5.74, 6) is 0.0364. The zero-order chi connectivity index (χ0) is 15.5. The van der Waals surface area contributed by atoms with Crippen LogP contribution in [0.25, 0.3) is 0 Å². The van der Waals surface area contributed by atoms with Gasteiger partial charge in [-0.05, 0) is 49.1 Å². The van der Waals surface area contributed by atoms with E-state index in [1.165, 1.54) is 0 Å². The minimum absolute atomic E-state index is 0.0364. The van der Waals surface area contributed by atoms with Crippen LogP contribution >= 0.6 is 15.9 Å². The molecule has 1 amide bonds. The summed E-state index contributed by atoms with van der Waals surface area (Å²) in [5.41, 5.74) is 3.06. The Kier molecular flexibility index (Phi) is 4.48. The number of benzene rings is 2. The molecular weight excluding hydrogens is 340 g/mol. The summed E-state index contributed by atoms with van der Waals surface area (Å²) in [4.78, 5) is 12.6. The molecule has 3 rings (SSSR count). The number of anilines is 1. The van der Waals surface area contributed by atoms with E-state index in [0.717, 1.165) is 34.1 Å². The number of carbonyl (C=O) groups is 1. The third-order valence-corrected chi connectivity index (χ3v) is 4.68. The van der Waals surface area contributed by atoms with Crippen LogP contribution in [0.4, 0.5) is 5.69 Å². The fourth-order valence-electron chi connectivity index (χ4n) is 2.36. The second-order valence-electron chi connectivity index (χ2n) is 5.73. The molecule has 1 aliphatic rings. The van der Waals surface area contributed by atoms with Gasteiger partial charge in [-0.3, -0.25) is 4.79 Å². The predicted octanol–water partition coefficient (Wildman–Crippen LogP) is 4.19. The molecule has 4 heteroatoms. The maximum Gasteiger partial charge on any atom is 0.247 e. The molecule has 2 N–H and O–H groups in total. The summed E-state index contributed by atoms with van der Waals surface area (Å²) in [5, 5.41) is 6.45. The molecule has 22 heavy (non-hydrogen) atoms. The molecule has 114 valence electrons. The van der Waals surface area contributed by atoms with E-state index in [4.69, 9.17) is 0 Å². The van der Waals surface area contributed by atoms with Crippen molar-refractivity contribution in [3.63, 3.8) is 0 Å². The van der Waals surface area contributed by atoms with Crippen molar-refractivity contribution in [1.29, 1.82) is 0 Å². The Morgan fingerprint density at radius 3 is 2.55 bits per heavy atom. The van der Waals surface area contributed by atoms with E-state index in [9.17, 15) is 4.79 Å². The minimum atomic E-state index is -0.373. The Balaban J connectivity index is 1.83. The van der Waals surface area contributed by atoms with Crippen LogP contribution in [-0.2, 0) is 4.79 Å². The average molecular weight is 359 g/mol. The molecule has 1 atom stereocenters. The summed E-state index contributed by atoms with van der Waals surface area (Å²) in [6.45, 7) is 2.04. The van der Waals surface area contributed by atoms with Gasteiger partial charge in [0.05, 0.1) is 0 Å². The van der Waals surface area contributed by atoms with Crippen LogP contribution in [0.15, 0.2) is 53.0 Å². The van der Waals surface area contributed by atoms with E-state index in [0.29, 0.717) is 6.04 Å². The number of aryl methyl sites for hydroxylation is 1. The highest BCUT2D eigenvalue weighted by Crippen LogP contribution is 2.26. The standard InChI is InChI=1S/C18H19BrN2O/c1-12-11-15(9-10-16(12)19)20-17(13-5-3-2-4-6-13)18(22)21-14-7-8-14/h2-6,9-11,14,17,20H,7-8H2,1H3,(H,21,22)/t17-/m1/s1. The van der Waals surface area contributed by atoms with Crippen LogP contribution in [0.2, 0.25) is 0 Å². The maximum atomic E-state index is 12.6. The van der Waals surface area contributed by atoms with E-state index < -0.39 is 0 Å². The maximum absolute atomic E-state index is 12.6. The van der Waals surface area contributed by atoms with Gasteiger partial charge in [0.1, 0.15) is 6.04 Å². The van der Waals surface area contributed by atoms with E-state index in [1.807, 2.05) is 55.5 Å². The highest BCUT2D eigenvalue weighted by Gasteiger charge is 2.28. The molecule has 1 saturated carbocycles. The van der Waals surface area contributed by atoms with Gasteiger partial charge >= 0.3 is 0 Å². The van der Waals surface area contributed by atoms with Gasteiger partial charge in [-0.25, -0.2) is 0 Å². The summed E-state index contributed by atoms with van der Waals surface area (Å²) >= 11 is 3.50.